The van der Waals surface area contributed by atoms with Crippen molar-refractivity contribution in [3.8, 4) is 0 Å². The molecule has 0 bridgehead atoms. The molecular formula is C37H66O6. The van der Waals surface area contributed by atoms with Crippen molar-refractivity contribution in [3.05, 3.63) is 23.8 Å². The number of esters is 1. The molecule has 6 atom stereocenters. The first-order valence-corrected chi connectivity index (χ1v) is 18.2. The molecule has 250 valence electrons. The highest BCUT2D eigenvalue weighted by atomic mass is 16.5. The lowest BCUT2D eigenvalue weighted by atomic mass is 10.0. The fourth-order valence-electron chi connectivity index (χ4n) is 6.44. The van der Waals surface area contributed by atoms with Gasteiger partial charge in [-0.05, 0) is 77.2 Å². The Bertz CT molecular complexity index is 764. The second kappa shape index (κ2) is 24.1. The monoisotopic (exact) mass is 606 g/mol. The maximum atomic E-state index is 11.6. The van der Waals surface area contributed by atoms with E-state index in [2.05, 4.69) is 19.1 Å². The Morgan fingerprint density at radius 3 is 2.00 bits per heavy atom. The molecule has 0 aromatic carbocycles. The second-order valence-electron chi connectivity index (χ2n) is 13.3. The highest BCUT2D eigenvalue weighted by Gasteiger charge is 2.29. The summed E-state index contributed by atoms with van der Waals surface area (Å²) in [6, 6.07) is 0. The molecule has 0 aromatic heterocycles. The molecule has 0 saturated carbocycles. The summed E-state index contributed by atoms with van der Waals surface area (Å²) in [6.07, 6.45) is 30.3. The Labute approximate surface area is 263 Å². The van der Waals surface area contributed by atoms with E-state index in [-0.39, 0.29) is 24.3 Å². The highest BCUT2D eigenvalue weighted by molar-refractivity contribution is 5.90. The maximum Gasteiger partial charge on any atom is 0.334 e. The largest absolute Gasteiger partial charge is 0.455 e. The Morgan fingerprint density at radius 1 is 0.767 bits per heavy atom. The molecule has 6 nitrogen and oxygen atoms in total. The topological polar surface area (TPSA) is 96.2 Å². The van der Waals surface area contributed by atoms with Crippen molar-refractivity contribution in [1.29, 1.82) is 0 Å². The van der Waals surface area contributed by atoms with Crippen molar-refractivity contribution < 1.29 is 29.6 Å². The Kier molecular flexibility index (Phi) is 21.3. The summed E-state index contributed by atoms with van der Waals surface area (Å²) >= 11 is 0. The summed E-state index contributed by atoms with van der Waals surface area (Å²) in [5.41, 5.74) is 0.843. The second-order valence-corrected chi connectivity index (χ2v) is 13.3. The zero-order valence-electron chi connectivity index (χ0n) is 27.7. The average molecular weight is 607 g/mol. The minimum absolute atomic E-state index is 0.0528. The van der Waals surface area contributed by atoms with Crippen LogP contribution in [0.25, 0.3) is 0 Å². The van der Waals surface area contributed by atoms with E-state index in [0.29, 0.717) is 19.3 Å². The van der Waals surface area contributed by atoms with Gasteiger partial charge in [-0.25, -0.2) is 4.79 Å². The van der Waals surface area contributed by atoms with Gasteiger partial charge in [-0.2, -0.15) is 0 Å². The molecule has 2 aliphatic rings. The molecule has 0 unspecified atom stereocenters. The molecule has 1 saturated heterocycles. The Morgan fingerprint density at radius 2 is 1.35 bits per heavy atom. The molecule has 1 fully saturated rings. The molecule has 0 spiro atoms. The number of cyclic esters (lactones) is 1. The number of ether oxygens (including phenoxy) is 2. The van der Waals surface area contributed by atoms with Crippen LogP contribution in [0.5, 0.6) is 0 Å². The van der Waals surface area contributed by atoms with Crippen LogP contribution in [0.4, 0.5) is 0 Å². The Balaban J connectivity index is 1.39. The van der Waals surface area contributed by atoms with Gasteiger partial charge in [0.05, 0.1) is 30.5 Å². The van der Waals surface area contributed by atoms with Crippen LogP contribution in [0, 0.1) is 0 Å². The number of hydrogen-bond donors (Lipinski definition) is 3. The predicted octanol–water partition coefficient (Wildman–Crippen LogP) is 8.65. The fraction of sp³-hybridized carbons (Fsp3) is 0.865. The summed E-state index contributed by atoms with van der Waals surface area (Å²) in [4.78, 5) is 11.6. The highest BCUT2D eigenvalue weighted by Crippen LogP contribution is 2.28. The first-order valence-electron chi connectivity index (χ1n) is 18.2. The molecular weight excluding hydrogens is 540 g/mol. The van der Waals surface area contributed by atoms with Crippen LogP contribution >= 0.6 is 0 Å². The van der Waals surface area contributed by atoms with E-state index >= 15 is 0 Å². The summed E-state index contributed by atoms with van der Waals surface area (Å²) < 4.78 is 11.3. The van der Waals surface area contributed by atoms with Gasteiger partial charge in [0.1, 0.15) is 6.10 Å². The van der Waals surface area contributed by atoms with Gasteiger partial charge in [0.15, 0.2) is 0 Å². The first kappa shape index (κ1) is 38.0. The molecule has 6 heteroatoms. The number of aliphatic hydroxyl groups is 3. The summed E-state index contributed by atoms with van der Waals surface area (Å²) in [5.74, 6) is -0.139. The van der Waals surface area contributed by atoms with Crippen LogP contribution in [-0.2, 0) is 14.3 Å². The lowest BCUT2D eigenvalue weighted by Crippen LogP contribution is -2.26. The number of rotatable bonds is 27. The van der Waals surface area contributed by atoms with E-state index in [4.69, 9.17) is 9.47 Å². The number of carbonyl (C=O) groups excluding carboxylic acids is 1. The van der Waals surface area contributed by atoms with Gasteiger partial charge in [0.2, 0.25) is 0 Å². The van der Waals surface area contributed by atoms with Crippen LogP contribution in [0.1, 0.15) is 168 Å². The minimum atomic E-state index is -0.656. The van der Waals surface area contributed by atoms with Gasteiger partial charge < -0.3 is 24.8 Å². The van der Waals surface area contributed by atoms with Crippen LogP contribution in [-0.4, -0.2) is 57.9 Å². The molecule has 2 heterocycles. The van der Waals surface area contributed by atoms with Crippen LogP contribution < -0.4 is 0 Å². The first-order chi connectivity index (χ1) is 20.9. The summed E-state index contributed by atoms with van der Waals surface area (Å²) in [6.45, 7) is 4.16. The van der Waals surface area contributed by atoms with Gasteiger partial charge in [0, 0.05) is 5.57 Å². The number of hydrogen-bond acceptors (Lipinski definition) is 6. The van der Waals surface area contributed by atoms with Gasteiger partial charge in [-0.15, -0.1) is 0 Å². The average Bonchev–Trinajstić information content (AvgIpc) is 3.60. The smallest absolute Gasteiger partial charge is 0.334 e. The molecule has 43 heavy (non-hydrogen) atoms. The van der Waals surface area contributed by atoms with Crippen LogP contribution in [0.15, 0.2) is 23.8 Å². The quantitative estimate of drug-likeness (QED) is 0.0492. The van der Waals surface area contributed by atoms with Gasteiger partial charge >= 0.3 is 5.97 Å². The van der Waals surface area contributed by atoms with Gasteiger partial charge in [-0.1, -0.05) is 109 Å². The lowest BCUT2D eigenvalue weighted by molar-refractivity contribution is -0.139. The van der Waals surface area contributed by atoms with Crippen molar-refractivity contribution in [1.82, 2.24) is 0 Å². The molecule has 2 rings (SSSR count). The number of carbonyl (C=O) groups is 1. The summed E-state index contributed by atoms with van der Waals surface area (Å²) in [7, 11) is 0. The van der Waals surface area contributed by atoms with Crippen molar-refractivity contribution in [2.45, 2.75) is 205 Å². The van der Waals surface area contributed by atoms with E-state index in [9.17, 15) is 20.1 Å². The van der Waals surface area contributed by atoms with E-state index < -0.39 is 18.3 Å². The molecule has 3 N–H and O–H groups in total. The molecule has 2 aliphatic heterocycles. The van der Waals surface area contributed by atoms with Crippen LogP contribution in [0.2, 0.25) is 0 Å². The van der Waals surface area contributed by atoms with Crippen molar-refractivity contribution in [3.63, 3.8) is 0 Å². The Hall–Kier alpha value is -1.21. The van der Waals surface area contributed by atoms with Gasteiger partial charge in [0.25, 0.3) is 0 Å². The molecule has 0 aromatic rings. The SMILES string of the molecule is CCCCCCCCCCCC[C@@H](O)[C@@H](O)CC/C=C\CC[C@@H](O)[C@H]1CC[C@H](CCCCCCCC2=C[C@H](C)OC2=O)O1. The third-order valence-electron chi connectivity index (χ3n) is 9.26. The van der Waals surface area contributed by atoms with Crippen molar-refractivity contribution >= 4 is 5.97 Å². The number of unbranched alkanes of at least 4 members (excludes halogenated alkanes) is 13. The van der Waals surface area contributed by atoms with E-state index in [1.54, 1.807) is 0 Å². The van der Waals surface area contributed by atoms with Crippen molar-refractivity contribution in [2.75, 3.05) is 0 Å². The number of aliphatic hydroxyl groups excluding tert-OH is 3. The van der Waals surface area contributed by atoms with E-state index in [0.717, 1.165) is 76.2 Å². The maximum absolute atomic E-state index is 11.6. The standard InChI is InChI=1S/C37H66O6/c1-3-4-5-6-7-8-9-10-14-19-24-33(38)34(39)25-20-15-16-21-26-35(40)36-28-27-32(43-36)23-18-13-11-12-17-22-31-29-30(2)42-37(31)41/h15-16,29-30,32-36,38-40H,3-14,17-28H2,1-2H3/b16-15-/t30-,32-,33+,34-,35+,36+/m0/s1. The summed E-state index contributed by atoms with van der Waals surface area (Å²) in [5, 5.41) is 31.2. The third-order valence-corrected chi connectivity index (χ3v) is 9.26. The number of allylic oxidation sites excluding steroid dienone is 2. The van der Waals surface area contributed by atoms with E-state index in [1.807, 2.05) is 13.0 Å². The minimum Gasteiger partial charge on any atom is -0.455 e. The lowest BCUT2D eigenvalue weighted by Gasteiger charge is -2.19. The fourth-order valence-corrected chi connectivity index (χ4v) is 6.44. The zero-order chi connectivity index (χ0) is 31.1. The van der Waals surface area contributed by atoms with Gasteiger partial charge in [-0.3, -0.25) is 0 Å². The molecule has 0 amide bonds. The predicted molar refractivity (Wildman–Crippen MR) is 176 cm³/mol. The van der Waals surface area contributed by atoms with Crippen molar-refractivity contribution in [2.24, 2.45) is 0 Å². The van der Waals surface area contributed by atoms with E-state index in [1.165, 1.54) is 64.2 Å². The van der Waals surface area contributed by atoms with Crippen LogP contribution in [0.3, 0.4) is 0 Å². The molecule has 0 radical (unpaired) electrons. The zero-order valence-corrected chi connectivity index (χ0v) is 27.7. The normalized spacial score (nSPS) is 22.7. The third kappa shape index (κ3) is 17.8. The molecule has 0 aliphatic carbocycles.